The Kier molecular flexibility index (Phi) is 3.60. The number of carbonyl (C=O) groups excluding carboxylic acids is 1. The third-order valence-electron chi connectivity index (χ3n) is 3.82. The molecule has 0 spiro atoms. The minimum Gasteiger partial charge on any atom is -0.318 e. The lowest BCUT2D eigenvalue weighted by molar-refractivity contribution is -0.137. The number of hydrogen-bond acceptors (Lipinski definition) is 2. The van der Waals surface area contributed by atoms with Gasteiger partial charge in [-0.15, -0.1) is 0 Å². The van der Waals surface area contributed by atoms with Crippen LogP contribution in [-0.2, 0) is 11.0 Å². The predicted octanol–water partition coefficient (Wildman–Crippen LogP) is 3.26. The molecule has 23 heavy (non-hydrogen) atoms. The van der Waals surface area contributed by atoms with Crippen LogP contribution in [0.2, 0.25) is 0 Å². The SMILES string of the molecule is N[C@@H]1C(=O)N(c2cccc(C(F)(F)F)c2)[C@@H]1c1ccccc1F. The Morgan fingerprint density at radius 1 is 1.04 bits per heavy atom. The molecule has 1 amide bonds. The van der Waals surface area contributed by atoms with Gasteiger partial charge in [0, 0.05) is 11.3 Å². The molecular weight excluding hydrogens is 312 g/mol. The van der Waals surface area contributed by atoms with Crippen molar-refractivity contribution in [3.63, 3.8) is 0 Å². The summed E-state index contributed by atoms with van der Waals surface area (Å²) in [5, 5.41) is 0. The lowest BCUT2D eigenvalue weighted by Gasteiger charge is -2.45. The summed E-state index contributed by atoms with van der Waals surface area (Å²) in [5.74, 6) is -1.10. The van der Waals surface area contributed by atoms with Crippen molar-refractivity contribution in [2.24, 2.45) is 5.73 Å². The fraction of sp³-hybridized carbons (Fsp3) is 0.188. The molecule has 0 unspecified atom stereocenters. The molecule has 0 aliphatic carbocycles. The highest BCUT2D eigenvalue weighted by Crippen LogP contribution is 2.40. The Labute approximate surface area is 129 Å². The van der Waals surface area contributed by atoms with Gasteiger partial charge < -0.3 is 10.6 Å². The van der Waals surface area contributed by atoms with Crippen molar-refractivity contribution < 1.29 is 22.4 Å². The normalized spacial score (nSPS) is 21.3. The molecule has 2 N–H and O–H groups in total. The van der Waals surface area contributed by atoms with E-state index < -0.39 is 35.5 Å². The number of hydrogen-bond donors (Lipinski definition) is 1. The Balaban J connectivity index is 2.02. The summed E-state index contributed by atoms with van der Waals surface area (Å²) in [6.07, 6.45) is -4.53. The largest absolute Gasteiger partial charge is 0.416 e. The van der Waals surface area contributed by atoms with E-state index >= 15 is 0 Å². The van der Waals surface area contributed by atoms with Crippen molar-refractivity contribution in [1.82, 2.24) is 0 Å². The first-order chi connectivity index (χ1) is 10.8. The molecule has 1 heterocycles. The Hall–Kier alpha value is -2.41. The van der Waals surface area contributed by atoms with Gasteiger partial charge in [0.2, 0.25) is 5.91 Å². The minimum atomic E-state index is -4.53. The number of alkyl halides is 3. The van der Waals surface area contributed by atoms with E-state index in [-0.39, 0.29) is 11.3 Å². The van der Waals surface area contributed by atoms with Gasteiger partial charge in [0.25, 0.3) is 0 Å². The molecule has 0 saturated carbocycles. The second-order valence-electron chi connectivity index (χ2n) is 5.25. The number of benzene rings is 2. The van der Waals surface area contributed by atoms with E-state index in [1.54, 1.807) is 6.07 Å². The fourth-order valence-electron chi connectivity index (χ4n) is 2.68. The maximum absolute atomic E-state index is 13.9. The molecule has 0 bridgehead atoms. The molecule has 2 aromatic rings. The van der Waals surface area contributed by atoms with Crippen molar-refractivity contribution in [2.75, 3.05) is 4.90 Å². The van der Waals surface area contributed by atoms with Gasteiger partial charge in [-0.1, -0.05) is 24.3 Å². The maximum atomic E-state index is 13.9. The highest BCUT2D eigenvalue weighted by atomic mass is 19.4. The van der Waals surface area contributed by atoms with Gasteiger partial charge in [-0.3, -0.25) is 4.79 Å². The highest BCUT2D eigenvalue weighted by Gasteiger charge is 2.48. The molecule has 2 atom stereocenters. The fourth-order valence-corrected chi connectivity index (χ4v) is 2.68. The van der Waals surface area contributed by atoms with E-state index in [0.717, 1.165) is 17.0 Å². The molecule has 2 aromatic carbocycles. The van der Waals surface area contributed by atoms with Crippen LogP contribution >= 0.6 is 0 Å². The number of anilines is 1. The van der Waals surface area contributed by atoms with Crippen LogP contribution in [0.4, 0.5) is 23.2 Å². The average molecular weight is 324 g/mol. The molecule has 1 fully saturated rings. The van der Waals surface area contributed by atoms with E-state index in [0.29, 0.717) is 0 Å². The van der Waals surface area contributed by atoms with Crippen LogP contribution in [0.5, 0.6) is 0 Å². The number of nitrogens with two attached hydrogens (primary N) is 1. The van der Waals surface area contributed by atoms with Crippen LogP contribution in [-0.4, -0.2) is 11.9 Å². The Morgan fingerprint density at radius 2 is 1.74 bits per heavy atom. The van der Waals surface area contributed by atoms with Crippen molar-refractivity contribution in [1.29, 1.82) is 0 Å². The van der Waals surface area contributed by atoms with E-state index in [9.17, 15) is 22.4 Å². The third-order valence-corrected chi connectivity index (χ3v) is 3.82. The average Bonchev–Trinajstić information content (AvgIpc) is 2.52. The van der Waals surface area contributed by atoms with Crippen LogP contribution in [0, 0.1) is 5.82 Å². The number of amides is 1. The molecule has 1 saturated heterocycles. The summed E-state index contributed by atoms with van der Waals surface area (Å²) in [5.41, 5.74) is 5.08. The van der Waals surface area contributed by atoms with E-state index in [2.05, 4.69) is 0 Å². The molecule has 120 valence electrons. The molecular formula is C16H12F4N2O. The van der Waals surface area contributed by atoms with Crippen molar-refractivity contribution in [3.05, 3.63) is 65.5 Å². The van der Waals surface area contributed by atoms with Gasteiger partial charge in [0.1, 0.15) is 11.9 Å². The van der Waals surface area contributed by atoms with E-state index in [4.69, 9.17) is 5.73 Å². The van der Waals surface area contributed by atoms with Crippen LogP contribution in [0.25, 0.3) is 0 Å². The first kappa shape index (κ1) is 15.5. The van der Waals surface area contributed by atoms with Crippen molar-refractivity contribution in [2.45, 2.75) is 18.3 Å². The second-order valence-corrected chi connectivity index (χ2v) is 5.25. The first-order valence-electron chi connectivity index (χ1n) is 6.81. The number of β-lactam (4-membered cyclic amide) rings is 1. The van der Waals surface area contributed by atoms with Gasteiger partial charge in [0.05, 0.1) is 11.6 Å². The van der Waals surface area contributed by atoms with E-state index in [1.807, 2.05) is 0 Å². The number of carbonyl (C=O) groups is 1. The van der Waals surface area contributed by atoms with E-state index in [1.165, 1.54) is 30.3 Å². The quantitative estimate of drug-likeness (QED) is 0.681. The lowest BCUT2D eigenvalue weighted by Crippen LogP contribution is -2.63. The van der Waals surface area contributed by atoms with Crippen LogP contribution in [0.15, 0.2) is 48.5 Å². The maximum Gasteiger partial charge on any atom is 0.416 e. The van der Waals surface area contributed by atoms with Gasteiger partial charge in [-0.05, 0) is 24.3 Å². The monoisotopic (exact) mass is 324 g/mol. The Bertz CT molecular complexity index is 760. The summed E-state index contributed by atoms with van der Waals surface area (Å²) in [6, 6.07) is 8.28. The summed E-state index contributed by atoms with van der Waals surface area (Å²) in [6.45, 7) is 0. The topological polar surface area (TPSA) is 46.3 Å². The van der Waals surface area contributed by atoms with Crippen LogP contribution < -0.4 is 10.6 Å². The molecule has 0 aromatic heterocycles. The second kappa shape index (κ2) is 5.34. The standard InChI is InChI=1S/C16H12F4N2O/c17-12-7-2-1-6-11(12)14-13(21)15(23)22(14)10-5-3-4-9(8-10)16(18,19)20/h1-8,13-14H,21H2/t13-,14+/m0/s1. The minimum absolute atomic E-state index is 0.0415. The van der Waals surface area contributed by atoms with Gasteiger partial charge >= 0.3 is 6.18 Å². The lowest BCUT2D eigenvalue weighted by atomic mass is 9.88. The number of nitrogens with zero attached hydrogens (tertiary/aromatic N) is 1. The summed E-state index contributed by atoms with van der Waals surface area (Å²) in [4.78, 5) is 13.1. The van der Waals surface area contributed by atoms with Crippen molar-refractivity contribution in [3.8, 4) is 0 Å². The molecule has 7 heteroatoms. The van der Waals surface area contributed by atoms with Crippen molar-refractivity contribution >= 4 is 11.6 Å². The van der Waals surface area contributed by atoms with Gasteiger partial charge in [-0.25, -0.2) is 4.39 Å². The van der Waals surface area contributed by atoms with Crippen LogP contribution in [0.1, 0.15) is 17.2 Å². The van der Waals surface area contributed by atoms with Gasteiger partial charge in [-0.2, -0.15) is 13.2 Å². The molecule has 3 nitrogen and oxygen atoms in total. The zero-order valence-electron chi connectivity index (χ0n) is 11.7. The molecule has 3 rings (SSSR count). The first-order valence-corrected chi connectivity index (χ1v) is 6.81. The summed E-state index contributed by atoms with van der Waals surface area (Å²) < 4.78 is 52.4. The summed E-state index contributed by atoms with van der Waals surface area (Å²) in [7, 11) is 0. The zero-order valence-corrected chi connectivity index (χ0v) is 11.7. The number of rotatable bonds is 2. The number of halogens is 4. The molecule has 1 aliphatic heterocycles. The van der Waals surface area contributed by atoms with Crippen LogP contribution in [0.3, 0.4) is 0 Å². The Morgan fingerprint density at radius 3 is 2.39 bits per heavy atom. The summed E-state index contributed by atoms with van der Waals surface area (Å²) >= 11 is 0. The molecule has 1 aliphatic rings. The third kappa shape index (κ3) is 2.57. The predicted molar refractivity (Wildman–Crippen MR) is 76.0 cm³/mol. The highest BCUT2D eigenvalue weighted by molar-refractivity contribution is 6.05. The van der Waals surface area contributed by atoms with Gasteiger partial charge in [0.15, 0.2) is 0 Å². The molecule has 0 radical (unpaired) electrons. The zero-order chi connectivity index (χ0) is 16.8. The smallest absolute Gasteiger partial charge is 0.318 e.